The Morgan fingerprint density at radius 1 is 1.40 bits per heavy atom. The van der Waals surface area contributed by atoms with E-state index in [-0.39, 0.29) is 22.6 Å². The maximum atomic E-state index is 13.2. The maximum Gasteiger partial charge on any atom is 0.252 e. The van der Waals surface area contributed by atoms with Gasteiger partial charge in [0.2, 0.25) is 5.91 Å². The zero-order chi connectivity index (χ0) is 18.2. The van der Waals surface area contributed by atoms with Crippen LogP contribution in [0, 0.1) is 0 Å². The first kappa shape index (κ1) is 18.6. The maximum absolute atomic E-state index is 13.2. The zero-order valence-corrected chi connectivity index (χ0v) is 16.4. The summed E-state index contributed by atoms with van der Waals surface area (Å²) in [6, 6.07) is 6.63. The summed E-state index contributed by atoms with van der Waals surface area (Å²) in [5, 5.41) is 4.61. The van der Waals surface area contributed by atoms with Crippen LogP contribution < -0.4 is 5.32 Å². The van der Waals surface area contributed by atoms with Gasteiger partial charge in [-0.25, -0.2) is 8.42 Å². The molecule has 0 aliphatic carbocycles. The van der Waals surface area contributed by atoms with E-state index in [9.17, 15) is 13.2 Å². The fourth-order valence-electron chi connectivity index (χ4n) is 2.84. The topological polar surface area (TPSA) is 69.7 Å². The first-order chi connectivity index (χ1) is 11.8. The Kier molecular flexibility index (Phi) is 5.36. The van der Waals surface area contributed by atoms with Crippen molar-refractivity contribution in [2.75, 3.05) is 33.7 Å². The number of thiophene rings is 1. The molecule has 0 bridgehead atoms. The van der Waals surface area contributed by atoms with Crippen molar-refractivity contribution in [1.29, 1.82) is 0 Å². The second-order valence-corrected chi connectivity index (χ2v) is 9.85. The monoisotopic (exact) mass is 401 g/mol. The van der Waals surface area contributed by atoms with E-state index in [4.69, 9.17) is 11.6 Å². The average molecular weight is 402 g/mol. The van der Waals surface area contributed by atoms with Gasteiger partial charge in [-0.3, -0.25) is 4.79 Å². The number of rotatable bonds is 4. The molecule has 3 rings (SSSR count). The molecular weight excluding hydrogens is 382 g/mol. The SMILES string of the molecule is CN(C)C(=O)CC1CNCCN1S(=O)(=O)c1cc2ccc(Cl)cc2s1. The number of nitrogens with zero attached hydrogens (tertiary/aromatic N) is 2. The molecule has 1 aliphatic heterocycles. The van der Waals surface area contributed by atoms with E-state index in [1.165, 1.54) is 20.5 Å². The van der Waals surface area contributed by atoms with Crippen molar-refractivity contribution >= 4 is 49.0 Å². The van der Waals surface area contributed by atoms with Crippen LogP contribution in [0.1, 0.15) is 6.42 Å². The number of halogens is 1. The lowest BCUT2D eigenvalue weighted by Crippen LogP contribution is -2.54. The van der Waals surface area contributed by atoms with Gasteiger partial charge >= 0.3 is 0 Å². The number of hydrogen-bond donors (Lipinski definition) is 1. The number of nitrogens with one attached hydrogen (secondary N) is 1. The summed E-state index contributed by atoms with van der Waals surface area (Å²) in [6.07, 6.45) is 0.163. The molecule has 1 fully saturated rings. The molecule has 0 radical (unpaired) electrons. The second kappa shape index (κ2) is 7.20. The van der Waals surface area contributed by atoms with Gasteiger partial charge in [-0.15, -0.1) is 11.3 Å². The number of fused-ring (bicyclic) bond motifs is 1. The second-order valence-electron chi connectivity index (χ2n) is 6.21. The molecule has 6 nitrogen and oxygen atoms in total. The summed E-state index contributed by atoms with van der Waals surface area (Å²) in [4.78, 5) is 13.5. The molecule has 2 aromatic rings. The molecule has 1 aliphatic rings. The summed E-state index contributed by atoms with van der Waals surface area (Å²) in [5.74, 6) is -0.0861. The van der Waals surface area contributed by atoms with E-state index in [1.807, 2.05) is 6.07 Å². The number of carbonyl (C=O) groups is 1. The molecule has 1 atom stereocenters. The number of hydrogen-bond acceptors (Lipinski definition) is 5. The third-order valence-electron chi connectivity index (χ3n) is 4.23. The lowest BCUT2D eigenvalue weighted by atomic mass is 10.1. The molecule has 1 saturated heterocycles. The van der Waals surface area contributed by atoms with Gasteiger partial charge in [0.05, 0.1) is 0 Å². The van der Waals surface area contributed by atoms with Crippen molar-refractivity contribution in [2.45, 2.75) is 16.7 Å². The molecular formula is C16H20ClN3O3S2. The van der Waals surface area contributed by atoms with Crippen LogP contribution in [0.25, 0.3) is 10.1 Å². The van der Waals surface area contributed by atoms with Crippen LogP contribution in [0.5, 0.6) is 0 Å². The van der Waals surface area contributed by atoms with Crippen LogP contribution in [0.2, 0.25) is 5.02 Å². The predicted molar refractivity (Wildman–Crippen MR) is 101 cm³/mol. The Morgan fingerprint density at radius 2 is 2.16 bits per heavy atom. The average Bonchev–Trinajstić information content (AvgIpc) is 2.99. The van der Waals surface area contributed by atoms with E-state index >= 15 is 0 Å². The van der Waals surface area contributed by atoms with Crippen molar-refractivity contribution < 1.29 is 13.2 Å². The molecule has 1 aromatic heterocycles. The Bertz CT molecular complexity index is 895. The summed E-state index contributed by atoms with van der Waals surface area (Å²) < 4.78 is 28.9. The highest BCUT2D eigenvalue weighted by Gasteiger charge is 2.35. The van der Waals surface area contributed by atoms with Crippen molar-refractivity contribution in [3.8, 4) is 0 Å². The van der Waals surface area contributed by atoms with Crippen LogP contribution in [0.4, 0.5) is 0 Å². The van der Waals surface area contributed by atoms with E-state index < -0.39 is 10.0 Å². The minimum absolute atomic E-state index is 0.0861. The molecule has 136 valence electrons. The molecule has 1 amide bonds. The van der Waals surface area contributed by atoms with E-state index in [0.717, 1.165) is 10.1 Å². The lowest BCUT2D eigenvalue weighted by molar-refractivity contribution is -0.129. The summed E-state index contributed by atoms with van der Waals surface area (Å²) in [7, 11) is -0.312. The summed E-state index contributed by atoms with van der Waals surface area (Å²) >= 11 is 7.21. The van der Waals surface area contributed by atoms with Gasteiger partial charge in [-0.2, -0.15) is 4.31 Å². The first-order valence-electron chi connectivity index (χ1n) is 7.91. The highest BCUT2D eigenvalue weighted by atomic mass is 35.5. The number of carbonyl (C=O) groups excluding carboxylic acids is 1. The Balaban J connectivity index is 1.93. The molecule has 0 spiro atoms. The van der Waals surface area contributed by atoms with Gasteiger partial charge in [-0.05, 0) is 23.6 Å². The highest BCUT2D eigenvalue weighted by Crippen LogP contribution is 2.33. The molecule has 25 heavy (non-hydrogen) atoms. The number of piperazine rings is 1. The van der Waals surface area contributed by atoms with E-state index in [2.05, 4.69) is 5.32 Å². The van der Waals surface area contributed by atoms with Crippen molar-refractivity contribution in [3.05, 3.63) is 29.3 Å². The van der Waals surface area contributed by atoms with Gasteiger partial charge in [0.15, 0.2) is 0 Å². The van der Waals surface area contributed by atoms with Gasteiger partial charge in [0.1, 0.15) is 4.21 Å². The first-order valence-corrected chi connectivity index (χ1v) is 10.5. The fraction of sp³-hybridized carbons (Fsp3) is 0.438. The van der Waals surface area contributed by atoms with Crippen LogP contribution in [-0.2, 0) is 14.8 Å². The minimum atomic E-state index is -3.66. The molecule has 0 saturated carbocycles. The normalized spacial score (nSPS) is 19.2. The Morgan fingerprint density at radius 3 is 2.88 bits per heavy atom. The lowest BCUT2D eigenvalue weighted by Gasteiger charge is -2.34. The van der Waals surface area contributed by atoms with Gasteiger partial charge in [-0.1, -0.05) is 17.7 Å². The van der Waals surface area contributed by atoms with Crippen LogP contribution in [0.3, 0.4) is 0 Å². The predicted octanol–water partition coefficient (Wildman–Crippen LogP) is 2.00. The van der Waals surface area contributed by atoms with E-state index in [0.29, 0.717) is 24.7 Å². The molecule has 1 N–H and O–H groups in total. The van der Waals surface area contributed by atoms with E-state index in [1.54, 1.807) is 32.3 Å². The third kappa shape index (κ3) is 3.83. The fourth-order valence-corrected chi connectivity index (χ4v) is 6.27. The van der Waals surface area contributed by atoms with Crippen molar-refractivity contribution in [1.82, 2.24) is 14.5 Å². The molecule has 1 aromatic carbocycles. The van der Waals surface area contributed by atoms with Gasteiger partial charge in [0.25, 0.3) is 10.0 Å². The van der Waals surface area contributed by atoms with Crippen LogP contribution in [0.15, 0.2) is 28.5 Å². The molecule has 9 heteroatoms. The van der Waals surface area contributed by atoms with Crippen LogP contribution >= 0.6 is 22.9 Å². The molecule has 1 unspecified atom stereocenters. The standard InChI is InChI=1S/C16H20ClN3O3S2/c1-19(2)15(21)9-13-10-18-5-6-20(13)25(22,23)16-7-11-3-4-12(17)8-14(11)24-16/h3-4,7-8,13,18H,5-6,9-10H2,1-2H3. The summed E-state index contributed by atoms with van der Waals surface area (Å²) in [5.41, 5.74) is 0. The largest absolute Gasteiger partial charge is 0.349 e. The quantitative estimate of drug-likeness (QED) is 0.850. The Labute approximate surface area is 156 Å². The number of amides is 1. The summed E-state index contributed by atoms with van der Waals surface area (Å²) in [6.45, 7) is 1.39. The smallest absolute Gasteiger partial charge is 0.252 e. The number of sulfonamides is 1. The van der Waals surface area contributed by atoms with Crippen molar-refractivity contribution in [3.63, 3.8) is 0 Å². The minimum Gasteiger partial charge on any atom is -0.349 e. The van der Waals surface area contributed by atoms with Gasteiger partial charge < -0.3 is 10.2 Å². The highest BCUT2D eigenvalue weighted by molar-refractivity contribution is 7.91. The Hall–Kier alpha value is -1.19. The van der Waals surface area contributed by atoms with Crippen molar-refractivity contribution in [2.24, 2.45) is 0 Å². The zero-order valence-electron chi connectivity index (χ0n) is 14.0. The van der Waals surface area contributed by atoms with Crippen LogP contribution in [-0.4, -0.2) is 63.3 Å². The van der Waals surface area contributed by atoms with Gasteiger partial charge in [0, 0.05) is 55.9 Å². The molecule has 2 heterocycles. The number of benzene rings is 1. The third-order valence-corrected chi connectivity index (χ3v) is 7.96.